The summed E-state index contributed by atoms with van der Waals surface area (Å²) in [6, 6.07) is 5.96. The number of aliphatic hydroxyl groups is 5. The Morgan fingerprint density at radius 1 is 0.804 bits per heavy atom. The number of carboxylic acids is 1. The van der Waals surface area contributed by atoms with Crippen LogP contribution in [0.2, 0.25) is 0 Å². The van der Waals surface area contributed by atoms with Crippen molar-refractivity contribution in [2.75, 3.05) is 14.2 Å². The predicted molar refractivity (Wildman–Crippen MR) is 151 cm³/mol. The molecule has 8 N–H and O–H groups in total. The molecule has 10 atom stereocenters. The first-order valence-corrected chi connectivity index (χ1v) is 13.8. The van der Waals surface area contributed by atoms with Gasteiger partial charge in [0.05, 0.1) is 20.3 Å². The Morgan fingerprint density at radius 2 is 1.46 bits per heavy atom. The van der Waals surface area contributed by atoms with Gasteiger partial charge >= 0.3 is 5.97 Å². The molecule has 0 amide bonds. The number of ether oxygens (including phenoxy) is 6. The van der Waals surface area contributed by atoms with Crippen molar-refractivity contribution in [2.24, 2.45) is 0 Å². The Hall–Kier alpha value is -4.20. The van der Waals surface area contributed by atoms with Crippen molar-refractivity contribution in [2.45, 2.75) is 68.3 Å². The Balaban J connectivity index is 1.52. The summed E-state index contributed by atoms with van der Waals surface area (Å²) < 4.78 is 38.4. The zero-order valence-electron chi connectivity index (χ0n) is 24.4. The average molecular weight is 653 g/mol. The maximum absolute atomic E-state index is 13.0. The normalized spacial score (nSPS) is 31.4. The third-order valence-electron chi connectivity index (χ3n) is 7.69. The SMILES string of the molecule is COc1cc(-c2cc(=O)c3c(O)cc(O[C@@H]4OC(C(=O)O)[C@H](O)[C@H](O)C4O[C@@H]4OC(C)[C@H](O)[C@H](O)C4O)cc3o2)cc(OC)c1O. The Morgan fingerprint density at radius 3 is 2.07 bits per heavy atom. The van der Waals surface area contributed by atoms with E-state index in [1.807, 2.05) is 0 Å². The molecule has 3 aromatic rings. The molecule has 0 aliphatic carbocycles. The number of benzene rings is 2. The molecule has 0 saturated carbocycles. The van der Waals surface area contributed by atoms with Gasteiger partial charge in [-0.05, 0) is 19.1 Å². The van der Waals surface area contributed by atoms with Gasteiger partial charge in [0.1, 0.15) is 58.7 Å². The maximum Gasteiger partial charge on any atom is 0.335 e. The standard InChI is InChI=1S/C29H32O17/c1-9-19(32)21(34)24(37)28(42-9)46-26-23(36)22(35)25(27(38)39)45-29(26)43-11-6-12(30)18-13(31)8-14(44-15(18)7-11)10-4-16(40-2)20(33)17(5-10)41-3/h4-9,19,21-26,28-30,32-37H,1-3H3,(H,38,39)/t9?,19-,21-,22+,23-,24?,25?,26?,28-,29+/m0/s1. The highest BCUT2D eigenvalue weighted by molar-refractivity contribution is 5.86. The van der Waals surface area contributed by atoms with Crippen molar-refractivity contribution >= 4 is 16.9 Å². The van der Waals surface area contributed by atoms with Crippen LogP contribution < -0.4 is 19.6 Å². The van der Waals surface area contributed by atoms with Gasteiger partial charge in [0.25, 0.3) is 0 Å². The Labute approximate surface area is 258 Å². The molecule has 5 rings (SSSR count). The minimum absolute atomic E-state index is 0.00901. The second-order valence-electron chi connectivity index (χ2n) is 10.7. The first-order valence-electron chi connectivity index (χ1n) is 13.8. The van der Waals surface area contributed by atoms with E-state index in [-0.39, 0.29) is 45.3 Å². The highest BCUT2D eigenvalue weighted by Gasteiger charge is 2.52. The third-order valence-corrected chi connectivity index (χ3v) is 7.69. The summed E-state index contributed by atoms with van der Waals surface area (Å²) in [5.41, 5.74) is -0.650. The van der Waals surface area contributed by atoms with E-state index in [9.17, 15) is 50.4 Å². The molecule has 250 valence electrons. The van der Waals surface area contributed by atoms with Crippen molar-refractivity contribution in [3.05, 3.63) is 40.6 Å². The highest BCUT2D eigenvalue weighted by Crippen LogP contribution is 2.41. The van der Waals surface area contributed by atoms with Crippen LogP contribution in [0.3, 0.4) is 0 Å². The quantitative estimate of drug-likeness (QED) is 0.145. The fraction of sp³-hybridized carbons (Fsp3) is 0.448. The maximum atomic E-state index is 13.0. The molecule has 4 unspecified atom stereocenters. The summed E-state index contributed by atoms with van der Waals surface area (Å²) >= 11 is 0. The molecular formula is C29H32O17. The van der Waals surface area contributed by atoms with Crippen LogP contribution in [0, 0.1) is 0 Å². The van der Waals surface area contributed by atoms with E-state index >= 15 is 0 Å². The summed E-state index contributed by atoms with van der Waals surface area (Å²) in [5, 5.41) is 82.2. The molecule has 17 nitrogen and oxygen atoms in total. The van der Waals surface area contributed by atoms with Crippen molar-refractivity contribution in [1.82, 2.24) is 0 Å². The molecule has 46 heavy (non-hydrogen) atoms. The lowest BCUT2D eigenvalue weighted by atomic mass is 9.97. The number of fused-ring (bicyclic) bond motifs is 1. The van der Waals surface area contributed by atoms with Gasteiger partial charge in [-0.25, -0.2) is 4.79 Å². The van der Waals surface area contributed by atoms with E-state index in [0.717, 1.165) is 18.2 Å². The third kappa shape index (κ3) is 6.02. The molecule has 0 bridgehead atoms. The number of phenolic OH excluding ortho intramolecular Hbond substituents is 2. The van der Waals surface area contributed by atoms with Gasteiger partial charge in [0.2, 0.25) is 12.0 Å². The fourth-order valence-electron chi connectivity index (χ4n) is 5.18. The van der Waals surface area contributed by atoms with E-state index in [1.54, 1.807) is 0 Å². The number of aliphatic hydroxyl groups excluding tert-OH is 5. The number of phenols is 2. The lowest BCUT2D eigenvalue weighted by Gasteiger charge is -2.45. The van der Waals surface area contributed by atoms with Crippen LogP contribution in [-0.2, 0) is 19.0 Å². The van der Waals surface area contributed by atoms with Crippen LogP contribution in [0.25, 0.3) is 22.3 Å². The number of aliphatic carboxylic acids is 1. The van der Waals surface area contributed by atoms with Gasteiger partial charge in [-0.3, -0.25) is 4.79 Å². The lowest BCUT2D eigenvalue weighted by molar-refractivity contribution is -0.351. The molecule has 0 spiro atoms. The summed E-state index contributed by atoms with van der Waals surface area (Å²) in [6.45, 7) is 1.37. The van der Waals surface area contributed by atoms with Gasteiger partial charge in [-0.15, -0.1) is 0 Å². The van der Waals surface area contributed by atoms with Crippen LogP contribution in [-0.4, -0.2) is 122 Å². The van der Waals surface area contributed by atoms with Gasteiger partial charge in [0.15, 0.2) is 35.4 Å². The van der Waals surface area contributed by atoms with Crippen molar-refractivity contribution in [3.8, 4) is 40.1 Å². The zero-order valence-corrected chi connectivity index (χ0v) is 24.4. The second kappa shape index (κ2) is 12.9. The van der Waals surface area contributed by atoms with E-state index in [0.29, 0.717) is 0 Å². The summed E-state index contributed by atoms with van der Waals surface area (Å²) in [7, 11) is 2.61. The van der Waals surface area contributed by atoms with Crippen LogP contribution in [0.5, 0.6) is 28.7 Å². The largest absolute Gasteiger partial charge is 0.507 e. The van der Waals surface area contributed by atoms with Crippen molar-refractivity contribution in [3.63, 3.8) is 0 Å². The highest BCUT2D eigenvalue weighted by atomic mass is 16.8. The molecule has 2 fully saturated rings. The fourth-order valence-corrected chi connectivity index (χ4v) is 5.18. The zero-order chi connectivity index (χ0) is 33.6. The average Bonchev–Trinajstić information content (AvgIpc) is 3.01. The number of methoxy groups -OCH3 is 2. The van der Waals surface area contributed by atoms with Gasteiger partial charge in [-0.1, -0.05) is 0 Å². The molecule has 2 aromatic carbocycles. The summed E-state index contributed by atoms with van der Waals surface area (Å²) in [4.78, 5) is 24.8. The van der Waals surface area contributed by atoms with E-state index in [2.05, 4.69) is 0 Å². The molecule has 0 radical (unpaired) electrons. The minimum Gasteiger partial charge on any atom is -0.507 e. The molecular weight excluding hydrogens is 620 g/mol. The molecule has 2 saturated heterocycles. The van der Waals surface area contributed by atoms with E-state index < -0.39 is 78.6 Å². The number of hydrogen-bond acceptors (Lipinski definition) is 16. The lowest BCUT2D eigenvalue weighted by Crippen LogP contribution is -2.65. The number of rotatable bonds is 8. The molecule has 2 aliphatic rings. The van der Waals surface area contributed by atoms with Crippen LogP contribution in [0.15, 0.2) is 39.5 Å². The molecule has 1 aromatic heterocycles. The Bertz CT molecular complexity index is 1630. The van der Waals surface area contributed by atoms with Crippen molar-refractivity contribution < 1.29 is 78.5 Å². The Kier molecular flexibility index (Phi) is 9.30. The first kappa shape index (κ1) is 33.2. The van der Waals surface area contributed by atoms with Crippen LogP contribution in [0.4, 0.5) is 0 Å². The van der Waals surface area contributed by atoms with E-state index in [4.69, 9.17) is 32.8 Å². The van der Waals surface area contributed by atoms with Gasteiger partial charge in [-0.2, -0.15) is 0 Å². The van der Waals surface area contributed by atoms with E-state index in [1.165, 1.54) is 33.3 Å². The molecule has 3 heterocycles. The monoisotopic (exact) mass is 652 g/mol. The number of aromatic hydroxyl groups is 2. The number of carboxylic acid groups (broad SMARTS) is 1. The molecule has 2 aliphatic heterocycles. The van der Waals surface area contributed by atoms with Gasteiger partial charge < -0.3 is 73.7 Å². The van der Waals surface area contributed by atoms with Crippen LogP contribution >= 0.6 is 0 Å². The topological polar surface area (TPSA) is 264 Å². The number of hydrogen-bond donors (Lipinski definition) is 8. The minimum atomic E-state index is -2.05. The summed E-state index contributed by atoms with van der Waals surface area (Å²) in [5.74, 6) is -2.89. The van der Waals surface area contributed by atoms with Crippen LogP contribution in [0.1, 0.15) is 6.92 Å². The first-order chi connectivity index (χ1) is 21.7. The van der Waals surface area contributed by atoms with Crippen molar-refractivity contribution in [1.29, 1.82) is 0 Å². The summed E-state index contributed by atoms with van der Waals surface area (Å²) in [6.07, 6.45) is -17.6. The number of carbonyl (C=O) groups is 1. The second-order valence-corrected chi connectivity index (χ2v) is 10.7. The predicted octanol–water partition coefficient (Wildman–Crippen LogP) is -0.989. The smallest absolute Gasteiger partial charge is 0.335 e. The molecule has 17 heteroatoms. The van der Waals surface area contributed by atoms with Gasteiger partial charge in [0, 0.05) is 23.8 Å².